The van der Waals surface area contributed by atoms with Gasteiger partial charge in [-0.3, -0.25) is 0 Å². The monoisotopic (exact) mass is 210 g/mol. The highest BCUT2D eigenvalue weighted by molar-refractivity contribution is 7.99. The van der Waals surface area contributed by atoms with Crippen molar-refractivity contribution in [2.45, 2.75) is 29.9 Å². The van der Waals surface area contributed by atoms with E-state index >= 15 is 0 Å². The van der Waals surface area contributed by atoms with Crippen molar-refractivity contribution in [3.05, 3.63) is 0 Å². The van der Waals surface area contributed by atoms with Crippen molar-refractivity contribution in [2.24, 2.45) is 0 Å². The highest BCUT2D eigenvalue weighted by Crippen LogP contribution is 2.26. The molecule has 6 heteroatoms. The fourth-order valence-electron chi connectivity index (χ4n) is 1.26. The van der Waals surface area contributed by atoms with Gasteiger partial charge in [0, 0.05) is 0 Å². The second kappa shape index (κ2) is 4.59. The van der Waals surface area contributed by atoms with Crippen LogP contribution < -0.4 is 0 Å². The fraction of sp³-hybridized carbons (Fsp3) is 1.00. The van der Waals surface area contributed by atoms with Crippen molar-refractivity contribution in [3.63, 3.8) is 0 Å². The average Bonchev–Trinajstić information content (AvgIpc) is 2.15. The molecule has 0 aromatic rings. The first-order valence-corrected chi connectivity index (χ1v) is 5.24. The van der Waals surface area contributed by atoms with Crippen LogP contribution in [0.5, 0.6) is 0 Å². The molecule has 0 saturated carbocycles. The summed E-state index contributed by atoms with van der Waals surface area (Å²) >= 11 is 1.22. The van der Waals surface area contributed by atoms with Gasteiger partial charge in [0.25, 0.3) is 0 Å². The molecule has 0 spiro atoms. The van der Waals surface area contributed by atoms with E-state index in [1.54, 1.807) is 6.26 Å². The maximum atomic E-state index is 9.38. The molecule has 1 aliphatic heterocycles. The molecule has 5 atom stereocenters. The standard InChI is InChI=1S/C7H14O5S/c1-13-7-6(11)5(10)4(9)3(2-8)12-7/h3-11H,2H2,1H3/t3-,4+,5+,6-,7?/m1/s1. The molecule has 0 aliphatic carbocycles. The first-order valence-electron chi connectivity index (χ1n) is 3.95. The predicted molar refractivity (Wildman–Crippen MR) is 47.3 cm³/mol. The summed E-state index contributed by atoms with van der Waals surface area (Å²) in [6.45, 7) is -0.373. The van der Waals surface area contributed by atoms with Crippen LogP contribution in [-0.4, -0.2) is 63.1 Å². The van der Waals surface area contributed by atoms with Gasteiger partial charge in [0.2, 0.25) is 0 Å². The molecule has 1 saturated heterocycles. The molecule has 1 rings (SSSR count). The van der Waals surface area contributed by atoms with E-state index in [0.717, 1.165) is 0 Å². The van der Waals surface area contributed by atoms with Crippen LogP contribution in [0, 0.1) is 0 Å². The number of thioether (sulfide) groups is 1. The average molecular weight is 210 g/mol. The summed E-state index contributed by atoms with van der Waals surface area (Å²) in [7, 11) is 0. The Morgan fingerprint density at radius 1 is 1.15 bits per heavy atom. The topological polar surface area (TPSA) is 90.2 Å². The van der Waals surface area contributed by atoms with Crippen LogP contribution >= 0.6 is 11.8 Å². The minimum atomic E-state index is -1.26. The Kier molecular flexibility index (Phi) is 3.96. The number of hydrogen-bond acceptors (Lipinski definition) is 6. The molecular weight excluding hydrogens is 196 g/mol. The zero-order valence-corrected chi connectivity index (χ0v) is 8.02. The SMILES string of the molecule is CSC1O[C@H](CO)[C@H](O)[C@H](O)[C@H]1O. The lowest BCUT2D eigenvalue weighted by atomic mass is 10.0. The number of rotatable bonds is 2. The van der Waals surface area contributed by atoms with Gasteiger partial charge in [-0.2, -0.15) is 0 Å². The van der Waals surface area contributed by atoms with Gasteiger partial charge in [0.05, 0.1) is 6.61 Å². The predicted octanol–water partition coefficient (Wildman–Crippen LogP) is -1.85. The van der Waals surface area contributed by atoms with E-state index in [1.807, 2.05) is 0 Å². The summed E-state index contributed by atoms with van der Waals surface area (Å²) in [4.78, 5) is 0. The van der Waals surface area contributed by atoms with E-state index in [4.69, 9.17) is 9.84 Å². The minimum Gasteiger partial charge on any atom is -0.394 e. The van der Waals surface area contributed by atoms with Crippen molar-refractivity contribution < 1.29 is 25.2 Å². The highest BCUT2D eigenvalue weighted by Gasteiger charge is 2.42. The van der Waals surface area contributed by atoms with E-state index in [2.05, 4.69) is 0 Å². The second-order valence-corrected chi connectivity index (χ2v) is 3.87. The number of hydrogen-bond donors (Lipinski definition) is 4. The lowest BCUT2D eigenvalue weighted by Crippen LogP contribution is -2.57. The molecular formula is C7H14O5S. The Morgan fingerprint density at radius 2 is 1.77 bits per heavy atom. The quantitative estimate of drug-likeness (QED) is 0.428. The van der Waals surface area contributed by atoms with Gasteiger partial charge in [-0.1, -0.05) is 0 Å². The zero-order valence-electron chi connectivity index (χ0n) is 7.20. The van der Waals surface area contributed by atoms with Crippen LogP contribution in [0.25, 0.3) is 0 Å². The van der Waals surface area contributed by atoms with Crippen molar-refractivity contribution >= 4 is 11.8 Å². The largest absolute Gasteiger partial charge is 0.394 e. The Bertz CT molecular complexity index is 147. The van der Waals surface area contributed by atoms with Gasteiger partial charge < -0.3 is 25.2 Å². The molecule has 4 N–H and O–H groups in total. The highest BCUT2D eigenvalue weighted by atomic mass is 32.2. The van der Waals surface area contributed by atoms with Crippen LogP contribution in [0.15, 0.2) is 0 Å². The lowest BCUT2D eigenvalue weighted by molar-refractivity contribution is -0.205. The van der Waals surface area contributed by atoms with Gasteiger partial charge in [0.1, 0.15) is 29.9 Å². The number of aliphatic hydroxyl groups excluding tert-OH is 4. The molecule has 1 heterocycles. The molecule has 1 fully saturated rings. The van der Waals surface area contributed by atoms with Crippen LogP contribution in [0.3, 0.4) is 0 Å². The van der Waals surface area contributed by atoms with Crippen LogP contribution in [-0.2, 0) is 4.74 Å². The Hall–Kier alpha value is 0.150. The lowest BCUT2D eigenvalue weighted by Gasteiger charge is -2.39. The molecule has 0 bridgehead atoms. The van der Waals surface area contributed by atoms with E-state index in [-0.39, 0.29) is 6.61 Å². The van der Waals surface area contributed by atoms with E-state index < -0.39 is 29.9 Å². The summed E-state index contributed by atoms with van der Waals surface area (Å²) in [5.74, 6) is 0. The summed E-state index contributed by atoms with van der Waals surface area (Å²) in [5, 5.41) is 36.8. The Morgan fingerprint density at radius 3 is 2.23 bits per heavy atom. The minimum absolute atomic E-state index is 0.373. The third kappa shape index (κ3) is 2.15. The molecule has 78 valence electrons. The molecule has 5 nitrogen and oxygen atoms in total. The zero-order chi connectivity index (χ0) is 10.0. The maximum Gasteiger partial charge on any atom is 0.132 e. The van der Waals surface area contributed by atoms with Gasteiger partial charge >= 0.3 is 0 Å². The van der Waals surface area contributed by atoms with Crippen molar-refractivity contribution in [2.75, 3.05) is 12.9 Å². The van der Waals surface area contributed by atoms with E-state index in [0.29, 0.717) is 0 Å². The normalized spacial score (nSPS) is 46.4. The van der Waals surface area contributed by atoms with Gasteiger partial charge in [-0.15, -0.1) is 11.8 Å². The van der Waals surface area contributed by atoms with Gasteiger partial charge in [0.15, 0.2) is 0 Å². The summed E-state index contributed by atoms with van der Waals surface area (Å²) in [6, 6.07) is 0. The van der Waals surface area contributed by atoms with E-state index in [9.17, 15) is 15.3 Å². The van der Waals surface area contributed by atoms with Gasteiger partial charge in [-0.05, 0) is 6.26 Å². The number of aliphatic hydroxyl groups is 4. The molecule has 1 unspecified atom stereocenters. The van der Waals surface area contributed by atoms with Gasteiger partial charge in [-0.25, -0.2) is 0 Å². The maximum absolute atomic E-state index is 9.38. The van der Waals surface area contributed by atoms with E-state index in [1.165, 1.54) is 11.8 Å². The smallest absolute Gasteiger partial charge is 0.132 e. The third-order valence-electron chi connectivity index (χ3n) is 2.08. The Balaban J connectivity index is 2.66. The first-order chi connectivity index (χ1) is 6.11. The van der Waals surface area contributed by atoms with Crippen LogP contribution in [0.2, 0.25) is 0 Å². The summed E-state index contributed by atoms with van der Waals surface area (Å²) in [5.41, 5.74) is -0.601. The Labute approximate surface area is 80.3 Å². The molecule has 0 aromatic carbocycles. The molecule has 0 amide bonds. The third-order valence-corrected chi connectivity index (χ3v) is 2.94. The molecule has 13 heavy (non-hydrogen) atoms. The molecule has 0 radical (unpaired) electrons. The molecule has 1 aliphatic rings. The second-order valence-electron chi connectivity index (χ2n) is 2.93. The number of ether oxygens (including phenoxy) is 1. The van der Waals surface area contributed by atoms with Crippen molar-refractivity contribution in [1.29, 1.82) is 0 Å². The summed E-state index contributed by atoms with van der Waals surface area (Å²) < 4.78 is 5.13. The molecule has 0 aromatic heterocycles. The fourth-order valence-corrected chi connectivity index (χ4v) is 1.96. The van der Waals surface area contributed by atoms with Crippen molar-refractivity contribution in [3.8, 4) is 0 Å². The van der Waals surface area contributed by atoms with Crippen LogP contribution in [0.1, 0.15) is 0 Å². The van der Waals surface area contributed by atoms with Crippen molar-refractivity contribution in [1.82, 2.24) is 0 Å². The van der Waals surface area contributed by atoms with Crippen LogP contribution in [0.4, 0.5) is 0 Å². The summed E-state index contributed by atoms with van der Waals surface area (Å²) in [6.07, 6.45) is -2.72. The first kappa shape index (κ1) is 11.2.